The fraction of sp³-hybridized carbons (Fsp3) is 0.400. The van der Waals surface area contributed by atoms with Crippen molar-refractivity contribution in [3.8, 4) is 16.5 Å². The Hall–Kier alpha value is -1.12. The topological polar surface area (TPSA) is 74.1 Å². The van der Waals surface area contributed by atoms with Crippen molar-refractivity contribution in [2.24, 2.45) is 0 Å². The second-order valence-electron chi connectivity index (χ2n) is 4.06. The van der Waals surface area contributed by atoms with Gasteiger partial charge in [-0.05, 0) is 13.8 Å². The minimum Gasteiger partial charge on any atom is -0.496 e. The third-order valence-corrected chi connectivity index (χ3v) is 4.46. The Kier molecular flexibility index (Phi) is 3.84. The summed E-state index contributed by atoms with van der Waals surface area (Å²) in [5, 5.41) is 9.17. The lowest BCUT2D eigenvalue weighted by Crippen LogP contribution is -2.09. The van der Waals surface area contributed by atoms with Crippen molar-refractivity contribution in [2.45, 2.75) is 25.0 Å². The van der Waals surface area contributed by atoms with E-state index in [9.17, 15) is 8.42 Å². The van der Waals surface area contributed by atoms with Gasteiger partial charge in [-0.2, -0.15) is 0 Å². The van der Waals surface area contributed by atoms with Crippen LogP contribution in [0.5, 0.6) is 5.75 Å². The van der Waals surface area contributed by atoms with Crippen molar-refractivity contribution in [1.29, 1.82) is 0 Å². The first kappa shape index (κ1) is 14.3. The highest BCUT2D eigenvalue weighted by atomic mass is 35.7. The summed E-state index contributed by atoms with van der Waals surface area (Å²) in [5.74, 6) is 1.15. The molecule has 9 heteroatoms. The number of thiophene rings is 1. The lowest BCUT2D eigenvalue weighted by atomic mass is 10.3. The number of nitrogens with zero attached hydrogens (tertiary/aromatic N) is 3. The predicted molar refractivity (Wildman–Crippen MR) is 73.3 cm³/mol. The Balaban J connectivity index is 2.62. The third kappa shape index (κ3) is 2.75. The molecule has 0 spiro atoms. The number of rotatable bonds is 4. The zero-order chi connectivity index (χ0) is 14.2. The monoisotopic (exact) mass is 321 g/mol. The van der Waals surface area contributed by atoms with E-state index in [0.29, 0.717) is 11.6 Å². The van der Waals surface area contributed by atoms with Gasteiger partial charge in [0.15, 0.2) is 5.82 Å². The molecule has 0 aromatic carbocycles. The van der Waals surface area contributed by atoms with Gasteiger partial charge in [-0.15, -0.1) is 21.5 Å². The minimum absolute atomic E-state index is 0.137. The van der Waals surface area contributed by atoms with Crippen LogP contribution in [0.4, 0.5) is 0 Å². The molecule has 0 atom stereocenters. The Labute approximate surface area is 119 Å². The number of hydrogen-bond donors (Lipinski definition) is 0. The number of hydrogen-bond acceptors (Lipinski definition) is 6. The Morgan fingerprint density at radius 1 is 1.42 bits per heavy atom. The predicted octanol–water partition coefficient (Wildman–Crippen LogP) is 2.52. The van der Waals surface area contributed by atoms with E-state index < -0.39 is 9.05 Å². The Bertz CT molecular complexity index is 691. The van der Waals surface area contributed by atoms with Crippen LogP contribution in [0.3, 0.4) is 0 Å². The standard InChI is InChI=1S/C10H12ClN3O3S2/c1-6(2)14-9(8-4-7(17-3)5-18-8)12-13-10(14)19(11,15)16/h4-6H,1-3H3. The largest absolute Gasteiger partial charge is 0.496 e. The molecule has 2 aromatic heterocycles. The van der Waals surface area contributed by atoms with E-state index in [1.165, 1.54) is 15.9 Å². The summed E-state index contributed by atoms with van der Waals surface area (Å²) in [6.07, 6.45) is 0. The van der Waals surface area contributed by atoms with Gasteiger partial charge < -0.3 is 4.74 Å². The van der Waals surface area contributed by atoms with Crippen LogP contribution < -0.4 is 4.74 Å². The first-order valence-electron chi connectivity index (χ1n) is 5.37. The summed E-state index contributed by atoms with van der Waals surface area (Å²) in [5.41, 5.74) is 0. The number of halogens is 1. The van der Waals surface area contributed by atoms with Crippen LogP contribution in [-0.4, -0.2) is 30.3 Å². The van der Waals surface area contributed by atoms with Crippen LogP contribution in [0.2, 0.25) is 0 Å². The quantitative estimate of drug-likeness (QED) is 0.809. The lowest BCUT2D eigenvalue weighted by Gasteiger charge is -2.11. The molecule has 6 nitrogen and oxygen atoms in total. The molecule has 0 aliphatic heterocycles. The van der Waals surface area contributed by atoms with E-state index in [0.717, 1.165) is 4.88 Å². The van der Waals surface area contributed by atoms with Crippen LogP contribution in [-0.2, 0) is 9.05 Å². The molecule has 0 bridgehead atoms. The van der Waals surface area contributed by atoms with Gasteiger partial charge in [0.2, 0.25) is 0 Å². The molecule has 0 aliphatic carbocycles. The highest BCUT2D eigenvalue weighted by Crippen LogP contribution is 2.33. The average Bonchev–Trinajstić information content (AvgIpc) is 2.94. The van der Waals surface area contributed by atoms with E-state index in [-0.39, 0.29) is 11.2 Å². The van der Waals surface area contributed by atoms with Gasteiger partial charge >= 0.3 is 0 Å². The molecule has 2 aromatic rings. The Morgan fingerprint density at radius 3 is 2.58 bits per heavy atom. The van der Waals surface area contributed by atoms with E-state index in [1.54, 1.807) is 13.2 Å². The van der Waals surface area contributed by atoms with Crippen molar-refractivity contribution in [3.05, 3.63) is 11.4 Å². The molecule has 0 aliphatic rings. The summed E-state index contributed by atoms with van der Waals surface area (Å²) in [4.78, 5) is 0.768. The molecule has 0 fully saturated rings. The van der Waals surface area contributed by atoms with Gasteiger partial charge in [0.1, 0.15) is 5.75 Å². The summed E-state index contributed by atoms with van der Waals surface area (Å²) in [6, 6.07) is 1.64. The first-order chi connectivity index (χ1) is 8.84. The Morgan fingerprint density at radius 2 is 2.11 bits per heavy atom. The number of aromatic nitrogens is 3. The maximum Gasteiger partial charge on any atom is 0.296 e. The van der Waals surface area contributed by atoms with Crippen molar-refractivity contribution in [1.82, 2.24) is 14.8 Å². The first-order valence-corrected chi connectivity index (χ1v) is 8.56. The zero-order valence-electron chi connectivity index (χ0n) is 10.5. The zero-order valence-corrected chi connectivity index (χ0v) is 12.9. The second kappa shape index (κ2) is 5.10. The minimum atomic E-state index is -3.93. The SMILES string of the molecule is COc1csc(-c2nnc(S(=O)(=O)Cl)n2C(C)C)c1. The number of methoxy groups -OCH3 is 1. The summed E-state index contributed by atoms with van der Waals surface area (Å²) in [6.45, 7) is 3.67. The van der Waals surface area contributed by atoms with E-state index in [4.69, 9.17) is 15.4 Å². The highest BCUT2D eigenvalue weighted by Gasteiger charge is 2.25. The molecule has 104 valence electrons. The van der Waals surface area contributed by atoms with Crippen LogP contribution >= 0.6 is 22.0 Å². The molecule has 2 rings (SSSR count). The smallest absolute Gasteiger partial charge is 0.296 e. The molecular weight excluding hydrogens is 310 g/mol. The third-order valence-electron chi connectivity index (χ3n) is 2.43. The normalized spacial score (nSPS) is 12.1. The van der Waals surface area contributed by atoms with Crippen LogP contribution in [0.15, 0.2) is 16.6 Å². The van der Waals surface area contributed by atoms with Crippen molar-refractivity contribution < 1.29 is 13.2 Å². The summed E-state index contributed by atoms with van der Waals surface area (Å²) >= 11 is 1.40. The van der Waals surface area contributed by atoms with Gasteiger partial charge in [-0.1, -0.05) is 0 Å². The molecule has 0 amide bonds. The number of ether oxygens (including phenoxy) is 1. The molecule has 0 N–H and O–H groups in total. The second-order valence-corrected chi connectivity index (χ2v) is 7.43. The van der Waals surface area contributed by atoms with Crippen LogP contribution in [0.25, 0.3) is 10.7 Å². The van der Waals surface area contributed by atoms with E-state index >= 15 is 0 Å². The van der Waals surface area contributed by atoms with Crippen LogP contribution in [0, 0.1) is 0 Å². The van der Waals surface area contributed by atoms with Crippen molar-refractivity contribution in [2.75, 3.05) is 7.11 Å². The van der Waals surface area contributed by atoms with Gasteiger partial charge in [-0.25, -0.2) is 8.42 Å². The molecular formula is C10H12ClN3O3S2. The van der Waals surface area contributed by atoms with Gasteiger partial charge in [0, 0.05) is 28.2 Å². The van der Waals surface area contributed by atoms with Crippen molar-refractivity contribution in [3.63, 3.8) is 0 Å². The molecule has 0 saturated heterocycles. The summed E-state index contributed by atoms with van der Waals surface area (Å²) < 4.78 is 29.6. The van der Waals surface area contributed by atoms with Gasteiger partial charge in [0.25, 0.3) is 14.2 Å². The van der Waals surface area contributed by atoms with Gasteiger partial charge in [0.05, 0.1) is 12.0 Å². The maximum absolute atomic E-state index is 11.5. The fourth-order valence-electron chi connectivity index (χ4n) is 1.62. The molecule has 0 radical (unpaired) electrons. The van der Waals surface area contributed by atoms with Crippen molar-refractivity contribution >= 4 is 31.1 Å². The molecule has 0 unspecified atom stereocenters. The summed E-state index contributed by atoms with van der Waals surface area (Å²) in [7, 11) is 3.00. The molecule has 2 heterocycles. The van der Waals surface area contributed by atoms with E-state index in [1.807, 2.05) is 19.2 Å². The average molecular weight is 322 g/mol. The molecule has 19 heavy (non-hydrogen) atoms. The highest BCUT2D eigenvalue weighted by molar-refractivity contribution is 8.13. The maximum atomic E-state index is 11.5. The van der Waals surface area contributed by atoms with E-state index in [2.05, 4.69) is 10.2 Å². The van der Waals surface area contributed by atoms with Crippen LogP contribution in [0.1, 0.15) is 19.9 Å². The lowest BCUT2D eigenvalue weighted by molar-refractivity contribution is 0.417. The fourth-order valence-corrected chi connectivity index (χ4v) is 3.44. The van der Waals surface area contributed by atoms with Gasteiger partial charge in [-0.3, -0.25) is 4.57 Å². The molecule has 0 saturated carbocycles.